The number of carbonyl (C=O) groups excluding carboxylic acids is 1. The van der Waals surface area contributed by atoms with Gasteiger partial charge in [0.2, 0.25) is 5.91 Å². The van der Waals surface area contributed by atoms with E-state index in [9.17, 15) is 17.6 Å². The van der Waals surface area contributed by atoms with E-state index < -0.39 is 22.4 Å². The van der Waals surface area contributed by atoms with E-state index in [1.54, 1.807) is 31.3 Å². The van der Waals surface area contributed by atoms with Crippen molar-refractivity contribution in [3.63, 3.8) is 0 Å². The van der Waals surface area contributed by atoms with Crippen LogP contribution < -0.4 is 9.04 Å². The van der Waals surface area contributed by atoms with Crippen LogP contribution in [0, 0.1) is 12.7 Å². The summed E-state index contributed by atoms with van der Waals surface area (Å²) in [6.07, 6.45) is 0. The molecule has 0 fully saturated rings. The summed E-state index contributed by atoms with van der Waals surface area (Å²) in [5.74, 6) is -0.339. The molecule has 3 rings (SSSR count). The quantitative estimate of drug-likeness (QED) is 0.465. The molecule has 0 heterocycles. The number of hydrogen-bond donors (Lipinski definition) is 0. The number of amides is 1. The van der Waals surface area contributed by atoms with E-state index in [1.807, 2.05) is 38.1 Å². The van der Waals surface area contributed by atoms with E-state index in [0.717, 1.165) is 27.6 Å². The zero-order valence-corrected chi connectivity index (χ0v) is 19.7. The predicted molar refractivity (Wildman–Crippen MR) is 126 cm³/mol. The molecule has 6 nitrogen and oxygen atoms in total. The van der Waals surface area contributed by atoms with Gasteiger partial charge in [0.25, 0.3) is 10.0 Å². The van der Waals surface area contributed by atoms with Crippen molar-refractivity contribution in [3.05, 3.63) is 89.7 Å². The molecule has 0 aromatic heterocycles. The molecule has 33 heavy (non-hydrogen) atoms. The first kappa shape index (κ1) is 24.3. The van der Waals surface area contributed by atoms with Crippen molar-refractivity contribution < 1.29 is 22.3 Å². The number of halogens is 1. The fourth-order valence-corrected chi connectivity index (χ4v) is 4.64. The molecular formula is C25H27FN2O4S. The maximum absolute atomic E-state index is 13.4. The summed E-state index contributed by atoms with van der Waals surface area (Å²) in [4.78, 5) is 14.4. The predicted octanol–water partition coefficient (Wildman–Crippen LogP) is 4.39. The Kier molecular flexibility index (Phi) is 7.71. The molecule has 0 saturated carbocycles. The van der Waals surface area contributed by atoms with Gasteiger partial charge in [0, 0.05) is 13.6 Å². The van der Waals surface area contributed by atoms with Gasteiger partial charge in [-0.15, -0.1) is 0 Å². The van der Waals surface area contributed by atoms with Gasteiger partial charge in [-0.1, -0.05) is 29.8 Å². The van der Waals surface area contributed by atoms with Crippen LogP contribution in [0.2, 0.25) is 0 Å². The number of sulfonamides is 1. The highest BCUT2D eigenvalue weighted by Crippen LogP contribution is 2.26. The third-order valence-corrected chi connectivity index (χ3v) is 6.87. The number of aryl methyl sites for hydroxylation is 1. The Morgan fingerprint density at radius 3 is 2.12 bits per heavy atom. The van der Waals surface area contributed by atoms with E-state index in [-0.39, 0.29) is 10.8 Å². The Hall–Kier alpha value is -3.39. The van der Waals surface area contributed by atoms with Gasteiger partial charge in [0.1, 0.15) is 18.1 Å². The van der Waals surface area contributed by atoms with Crippen LogP contribution in [0.3, 0.4) is 0 Å². The maximum Gasteiger partial charge on any atom is 0.264 e. The van der Waals surface area contributed by atoms with Crippen LogP contribution in [0.1, 0.15) is 18.1 Å². The van der Waals surface area contributed by atoms with Crippen LogP contribution in [0.15, 0.2) is 77.7 Å². The second kappa shape index (κ2) is 10.5. The molecule has 0 atom stereocenters. The lowest BCUT2D eigenvalue weighted by Gasteiger charge is -2.27. The van der Waals surface area contributed by atoms with Crippen LogP contribution in [0.4, 0.5) is 10.1 Å². The molecule has 0 saturated heterocycles. The number of ether oxygens (including phenoxy) is 1. The standard InChI is InChI=1S/C25H27FN2O4S/c1-4-32-23-13-11-22(12-14-23)28(33(30,31)24-15-9-21(26)10-16-24)18-25(29)27(3)17-20-7-5-19(2)6-8-20/h5-16H,4,17-18H2,1-3H3. The molecule has 0 aliphatic heterocycles. The topological polar surface area (TPSA) is 66.9 Å². The van der Waals surface area contributed by atoms with Crippen LogP contribution in [-0.2, 0) is 21.4 Å². The monoisotopic (exact) mass is 470 g/mol. The molecule has 0 radical (unpaired) electrons. The first-order chi connectivity index (χ1) is 15.7. The molecule has 0 aliphatic carbocycles. The van der Waals surface area contributed by atoms with E-state index >= 15 is 0 Å². The van der Waals surface area contributed by atoms with Gasteiger partial charge >= 0.3 is 0 Å². The summed E-state index contributed by atoms with van der Waals surface area (Å²) in [5.41, 5.74) is 2.35. The Bertz CT molecular complexity index is 1180. The molecule has 1 amide bonds. The normalized spacial score (nSPS) is 11.2. The molecule has 3 aromatic rings. The molecule has 0 aliphatic rings. The maximum atomic E-state index is 13.4. The van der Waals surface area contributed by atoms with E-state index in [2.05, 4.69) is 0 Å². The van der Waals surface area contributed by atoms with Crippen molar-refractivity contribution in [2.75, 3.05) is 24.5 Å². The van der Waals surface area contributed by atoms with E-state index in [4.69, 9.17) is 4.74 Å². The lowest BCUT2D eigenvalue weighted by Crippen LogP contribution is -2.41. The van der Waals surface area contributed by atoms with Gasteiger partial charge in [-0.2, -0.15) is 0 Å². The van der Waals surface area contributed by atoms with Crippen molar-refractivity contribution in [1.82, 2.24) is 4.90 Å². The highest BCUT2D eigenvalue weighted by Gasteiger charge is 2.28. The van der Waals surface area contributed by atoms with Gasteiger partial charge in [-0.3, -0.25) is 9.10 Å². The second-order valence-electron chi connectivity index (χ2n) is 7.63. The second-order valence-corrected chi connectivity index (χ2v) is 9.49. The largest absolute Gasteiger partial charge is 0.494 e. The van der Waals surface area contributed by atoms with Crippen molar-refractivity contribution >= 4 is 21.6 Å². The number of carbonyl (C=O) groups is 1. The Balaban J connectivity index is 1.89. The fourth-order valence-electron chi connectivity index (χ4n) is 3.22. The van der Waals surface area contributed by atoms with Crippen LogP contribution >= 0.6 is 0 Å². The van der Waals surface area contributed by atoms with Gasteiger partial charge in [0.15, 0.2) is 0 Å². The summed E-state index contributed by atoms with van der Waals surface area (Å²) in [6.45, 7) is 4.23. The lowest BCUT2D eigenvalue weighted by molar-refractivity contribution is -0.128. The Morgan fingerprint density at radius 1 is 0.939 bits per heavy atom. The zero-order valence-electron chi connectivity index (χ0n) is 18.9. The number of rotatable bonds is 9. The summed E-state index contributed by atoms with van der Waals surface area (Å²) in [6, 6.07) is 18.8. The van der Waals surface area contributed by atoms with E-state index in [0.29, 0.717) is 24.6 Å². The molecule has 0 unspecified atom stereocenters. The average Bonchev–Trinajstić information content (AvgIpc) is 2.80. The highest BCUT2D eigenvalue weighted by molar-refractivity contribution is 7.92. The fraction of sp³-hybridized carbons (Fsp3) is 0.240. The number of nitrogens with zero attached hydrogens (tertiary/aromatic N) is 2. The van der Waals surface area contributed by atoms with Crippen LogP contribution in [0.25, 0.3) is 0 Å². The van der Waals surface area contributed by atoms with Crippen molar-refractivity contribution in [1.29, 1.82) is 0 Å². The van der Waals surface area contributed by atoms with Gasteiger partial charge in [-0.25, -0.2) is 12.8 Å². The van der Waals surface area contributed by atoms with Crippen LogP contribution in [0.5, 0.6) is 5.75 Å². The van der Waals surface area contributed by atoms with E-state index in [1.165, 1.54) is 17.0 Å². The molecule has 8 heteroatoms. The summed E-state index contributed by atoms with van der Waals surface area (Å²) < 4.78 is 46.7. The lowest BCUT2D eigenvalue weighted by atomic mass is 10.1. The zero-order chi connectivity index (χ0) is 24.0. The molecule has 0 bridgehead atoms. The van der Waals surface area contributed by atoms with Crippen LogP contribution in [-0.4, -0.2) is 39.4 Å². The Labute approximate surface area is 194 Å². The summed E-state index contributed by atoms with van der Waals surface area (Å²) in [7, 11) is -2.50. The molecule has 174 valence electrons. The average molecular weight is 471 g/mol. The first-order valence-electron chi connectivity index (χ1n) is 10.5. The number of anilines is 1. The van der Waals surface area contributed by atoms with Gasteiger partial charge in [0.05, 0.1) is 17.2 Å². The minimum absolute atomic E-state index is 0.105. The SMILES string of the molecule is CCOc1ccc(N(CC(=O)N(C)Cc2ccc(C)cc2)S(=O)(=O)c2ccc(F)cc2)cc1. The smallest absolute Gasteiger partial charge is 0.264 e. The summed E-state index contributed by atoms with van der Waals surface area (Å²) in [5, 5.41) is 0. The molecule has 3 aromatic carbocycles. The minimum Gasteiger partial charge on any atom is -0.494 e. The number of benzene rings is 3. The van der Waals surface area contributed by atoms with Gasteiger partial charge < -0.3 is 9.64 Å². The third-order valence-electron chi connectivity index (χ3n) is 5.08. The summed E-state index contributed by atoms with van der Waals surface area (Å²) >= 11 is 0. The molecular weight excluding hydrogens is 443 g/mol. The third kappa shape index (κ3) is 6.10. The molecule has 0 N–H and O–H groups in total. The Morgan fingerprint density at radius 2 is 1.55 bits per heavy atom. The van der Waals surface area contributed by atoms with Gasteiger partial charge in [-0.05, 0) is 67.9 Å². The first-order valence-corrected chi connectivity index (χ1v) is 12.0. The minimum atomic E-state index is -4.12. The van der Waals surface area contributed by atoms with Crippen molar-refractivity contribution in [3.8, 4) is 5.75 Å². The number of hydrogen-bond acceptors (Lipinski definition) is 4. The number of likely N-dealkylation sites (N-methyl/N-ethyl adjacent to an activating group) is 1. The highest BCUT2D eigenvalue weighted by atomic mass is 32.2. The van der Waals surface area contributed by atoms with Crippen molar-refractivity contribution in [2.24, 2.45) is 0 Å². The van der Waals surface area contributed by atoms with Crippen molar-refractivity contribution in [2.45, 2.75) is 25.3 Å². The molecule has 0 spiro atoms.